The van der Waals surface area contributed by atoms with E-state index in [1.54, 1.807) is 0 Å². The number of nitrogens with two attached hydrogens (primary N) is 2. The summed E-state index contributed by atoms with van der Waals surface area (Å²) < 4.78 is 17.6. The van der Waals surface area contributed by atoms with Gasteiger partial charge in [-0.05, 0) is 12.1 Å². The van der Waals surface area contributed by atoms with E-state index in [0.29, 0.717) is 0 Å². The lowest BCUT2D eigenvalue weighted by molar-refractivity contribution is -0.139. The number of esters is 1. The lowest BCUT2D eigenvalue weighted by Crippen LogP contribution is -2.10. The van der Waals surface area contributed by atoms with E-state index >= 15 is 0 Å². The maximum absolute atomic E-state index is 13.2. The van der Waals surface area contributed by atoms with Crippen LogP contribution in [0.3, 0.4) is 0 Å². The summed E-state index contributed by atoms with van der Waals surface area (Å²) in [4.78, 5) is 10.9. The van der Waals surface area contributed by atoms with E-state index < -0.39 is 11.8 Å². The van der Waals surface area contributed by atoms with Crippen molar-refractivity contribution in [2.75, 3.05) is 18.6 Å². The lowest BCUT2D eigenvalue weighted by atomic mass is 10.1. The molecular formula is C9H11FN2O2. The van der Waals surface area contributed by atoms with Crippen molar-refractivity contribution in [1.29, 1.82) is 0 Å². The van der Waals surface area contributed by atoms with Gasteiger partial charge in [0.05, 0.1) is 24.9 Å². The Labute approximate surface area is 80.6 Å². The Balaban J connectivity index is 3.06. The number of hydrogen-bond acceptors (Lipinski definition) is 4. The predicted molar refractivity (Wildman–Crippen MR) is 50.9 cm³/mol. The molecule has 0 saturated heterocycles. The number of carbonyl (C=O) groups is 1. The quantitative estimate of drug-likeness (QED) is 0.541. The topological polar surface area (TPSA) is 78.3 Å². The van der Waals surface area contributed by atoms with E-state index in [0.717, 1.165) is 0 Å². The Bertz CT molecular complexity index is 366. The number of anilines is 2. The minimum absolute atomic E-state index is 0.0804. The van der Waals surface area contributed by atoms with Crippen molar-refractivity contribution in [3.63, 3.8) is 0 Å². The Morgan fingerprint density at radius 1 is 1.50 bits per heavy atom. The highest BCUT2D eigenvalue weighted by atomic mass is 19.1. The second kappa shape index (κ2) is 3.95. The summed E-state index contributed by atoms with van der Waals surface area (Å²) in [6, 6.07) is 2.52. The number of nitrogen functional groups attached to an aromatic ring is 2. The first kappa shape index (κ1) is 10.3. The van der Waals surface area contributed by atoms with Crippen LogP contribution in [0.5, 0.6) is 0 Å². The monoisotopic (exact) mass is 198 g/mol. The molecule has 0 atom stereocenters. The van der Waals surface area contributed by atoms with E-state index in [1.165, 1.54) is 19.2 Å². The Morgan fingerprint density at radius 2 is 2.14 bits per heavy atom. The van der Waals surface area contributed by atoms with Gasteiger partial charge in [-0.25, -0.2) is 4.39 Å². The zero-order chi connectivity index (χ0) is 10.7. The van der Waals surface area contributed by atoms with E-state index in [2.05, 4.69) is 4.74 Å². The number of rotatable bonds is 2. The molecule has 0 radical (unpaired) electrons. The highest BCUT2D eigenvalue weighted by Gasteiger charge is 2.13. The van der Waals surface area contributed by atoms with Crippen LogP contribution >= 0.6 is 0 Å². The van der Waals surface area contributed by atoms with Crippen LogP contribution in [0.25, 0.3) is 0 Å². The summed E-state index contributed by atoms with van der Waals surface area (Å²) in [7, 11) is 1.22. The third-order valence-corrected chi connectivity index (χ3v) is 1.88. The summed E-state index contributed by atoms with van der Waals surface area (Å²) in [5.41, 5.74) is 11.4. The molecule has 4 nitrogen and oxygen atoms in total. The lowest BCUT2D eigenvalue weighted by Gasteiger charge is -2.07. The fraction of sp³-hybridized carbons (Fsp3) is 0.222. The maximum Gasteiger partial charge on any atom is 0.310 e. The maximum atomic E-state index is 13.2. The Kier molecular flexibility index (Phi) is 2.91. The van der Waals surface area contributed by atoms with Crippen LogP contribution in [0.1, 0.15) is 5.56 Å². The highest BCUT2D eigenvalue weighted by molar-refractivity contribution is 5.78. The standard InChI is InChI=1S/C9H11FN2O2/c1-14-8(13)4-5-6(10)2-3-7(11)9(5)12/h2-3H,4,11-12H2,1H3. The second-order valence-corrected chi connectivity index (χ2v) is 2.78. The first-order valence-corrected chi connectivity index (χ1v) is 3.95. The van der Waals surface area contributed by atoms with Gasteiger partial charge in [0.15, 0.2) is 0 Å². The summed E-state index contributed by atoms with van der Waals surface area (Å²) in [6.07, 6.45) is -0.209. The molecule has 5 heteroatoms. The minimum Gasteiger partial charge on any atom is -0.469 e. The van der Waals surface area contributed by atoms with Gasteiger partial charge >= 0.3 is 5.97 Å². The largest absolute Gasteiger partial charge is 0.469 e. The molecule has 0 saturated carbocycles. The number of hydrogen-bond donors (Lipinski definition) is 2. The van der Waals surface area contributed by atoms with Crippen LogP contribution in [0.2, 0.25) is 0 Å². The first-order valence-electron chi connectivity index (χ1n) is 3.95. The fourth-order valence-corrected chi connectivity index (χ4v) is 1.05. The average molecular weight is 198 g/mol. The smallest absolute Gasteiger partial charge is 0.310 e. The Hall–Kier alpha value is -1.78. The number of halogens is 1. The molecule has 76 valence electrons. The first-order chi connectivity index (χ1) is 6.56. The van der Waals surface area contributed by atoms with Gasteiger partial charge in [0, 0.05) is 5.56 Å². The summed E-state index contributed by atoms with van der Waals surface area (Å²) in [6.45, 7) is 0. The third kappa shape index (κ3) is 1.93. The van der Waals surface area contributed by atoms with Gasteiger partial charge in [0.1, 0.15) is 5.82 Å². The van der Waals surface area contributed by atoms with Crippen LogP contribution in [0.15, 0.2) is 12.1 Å². The van der Waals surface area contributed by atoms with E-state index in [9.17, 15) is 9.18 Å². The summed E-state index contributed by atoms with van der Waals surface area (Å²) >= 11 is 0. The van der Waals surface area contributed by atoms with E-state index in [-0.39, 0.29) is 23.4 Å². The molecule has 0 bridgehead atoms. The van der Waals surface area contributed by atoms with E-state index in [1.807, 2.05) is 0 Å². The molecule has 1 aromatic rings. The van der Waals surface area contributed by atoms with Crippen molar-refractivity contribution < 1.29 is 13.9 Å². The van der Waals surface area contributed by atoms with Gasteiger partial charge in [-0.2, -0.15) is 0 Å². The second-order valence-electron chi connectivity index (χ2n) is 2.78. The molecule has 0 aromatic heterocycles. The minimum atomic E-state index is -0.554. The SMILES string of the molecule is COC(=O)Cc1c(F)ccc(N)c1N. The molecule has 1 aromatic carbocycles. The third-order valence-electron chi connectivity index (χ3n) is 1.88. The molecule has 14 heavy (non-hydrogen) atoms. The molecule has 1 rings (SSSR count). The molecule has 0 heterocycles. The number of methoxy groups -OCH3 is 1. The van der Waals surface area contributed by atoms with Gasteiger partial charge in [-0.3, -0.25) is 4.79 Å². The van der Waals surface area contributed by atoms with Gasteiger partial charge < -0.3 is 16.2 Å². The van der Waals surface area contributed by atoms with Crippen LogP contribution in [-0.2, 0) is 16.0 Å². The van der Waals surface area contributed by atoms with Crippen molar-refractivity contribution in [2.24, 2.45) is 0 Å². The molecule has 4 N–H and O–H groups in total. The fourth-order valence-electron chi connectivity index (χ4n) is 1.05. The van der Waals surface area contributed by atoms with Gasteiger partial charge in [0.2, 0.25) is 0 Å². The number of ether oxygens (including phenoxy) is 1. The van der Waals surface area contributed by atoms with Crippen LogP contribution in [-0.4, -0.2) is 13.1 Å². The normalized spacial score (nSPS) is 9.86. The van der Waals surface area contributed by atoms with Gasteiger partial charge in [-0.15, -0.1) is 0 Å². The van der Waals surface area contributed by atoms with Crippen molar-refractivity contribution in [2.45, 2.75) is 6.42 Å². The zero-order valence-electron chi connectivity index (χ0n) is 7.71. The molecule has 0 unspecified atom stereocenters. The molecule has 0 spiro atoms. The molecule has 0 aliphatic heterocycles. The number of carbonyl (C=O) groups excluding carboxylic acids is 1. The molecular weight excluding hydrogens is 187 g/mol. The predicted octanol–water partition coefficient (Wildman–Crippen LogP) is 0.706. The molecule has 0 aliphatic carbocycles. The Morgan fingerprint density at radius 3 is 2.71 bits per heavy atom. The highest BCUT2D eigenvalue weighted by Crippen LogP contribution is 2.23. The van der Waals surface area contributed by atoms with Gasteiger partial charge in [0.25, 0.3) is 0 Å². The zero-order valence-corrected chi connectivity index (χ0v) is 7.71. The average Bonchev–Trinajstić information content (AvgIpc) is 2.18. The van der Waals surface area contributed by atoms with Crippen LogP contribution in [0.4, 0.5) is 15.8 Å². The van der Waals surface area contributed by atoms with Crippen molar-refractivity contribution >= 4 is 17.3 Å². The van der Waals surface area contributed by atoms with Gasteiger partial charge in [-0.1, -0.05) is 0 Å². The van der Waals surface area contributed by atoms with Crippen molar-refractivity contribution in [3.05, 3.63) is 23.5 Å². The molecule has 0 amide bonds. The van der Waals surface area contributed by atoms with Crippen molar-refractivity contribution in [1.82, 2.24) is 0 Å². The molecule has 0 aliphatic rings. The molecule has 0 fully saturated rings. The van der Waals surface area contributed by atoms with Crippen LogP contribution < -0.4 is 11.5 Å². The van der Waals surface area contributed by atoms with Crippen molar-refractivity contribution in [3.8, 4) is 0 Å². The van der Waals surface area contributed by atoms with E-state index in [4.69, 9.17) is 11.5 Å². The van der Waals surface area contributed by atoms with Crippen LogP contribution in [0, 0.1) is 5.82 Å². The summed E-state index contributed by atoms with van der Waals surface area (Å²) in [5.74, 6) is -1.11. The summed E-state index contributed by atoms with van der Waals surface area (Å²) in [5, 5.41) is 0. The number of benzene rings is 1.